The van der Waals surface area contributed by atoms with Crippen LogP contribution in [0.3, 0.4) is 0 Å². The van der Waals surface area contributed by atoms with Crippen LogP contribution in [0.1, 0.15) is 15.9 Å². The first kappa shape index (κ1) is 18.6. The zero-order valence-corrected chi connectivity index (χ0v) is 15.2. The highest BCUT2D eigenvalue weighted by molar-refractivity contribution is 9.10. The zero-order chi connectivity index (χ0) is 18.9. The third-order valence-corrected chi connectivity index (χ3v) is 4.79. The van der Waals surface area contributed by atoms with Gasteiger partial charge in [0.1, 0.15) is 5.75 Å². The summed E-state index contributed by atoms with van der Waals surface area (Å²) >= 11 is 3.27. The van der Waals surface area contributed by atoms with Crippen LogP contribution in [0, 0.1) is 0 Å². The molecule has 0 saturated carbocycles. The Labute approximate surface area is 157 Å². The molecule has 1 aliphatic rings. The van der Waals surface area contributed by atoms with Gasteiger partial charge >= 0.3 is 6.18 Å². The molecule has 1 heterocycles. The summed E-state index contributed by atoms with van der Waals surface area (Å²) in [6, 6.07) is 9.81. The smallest absolute Gasteiger partial charge is 0.416 e. The molecule has 4 nitrogen and oxygen atoms in total. The van der Waals surface area contributed by atoms with Crippen molar-refractivity contribution in [2.75, 3.05) is 31.1 Å². The van der Waals surface area contributed by atoms with Crippen molar-refractivity contribution in [1.29, 1.82) is 0 Å². The maximum Gasteiger partial charge on any atom is 0.416 e. The van der Waals surface area contributed by atoms with E-state index in [1.807, 2.05) is 4.90 Å². The quantitative estimate of drug-likeness (QED) is 0.781. The Bertz CT molecular complexity index is 818. The number of phenols is 1. The molecule has 0 aliphatic carbocycles. The lowest BCUT2D eigenvalue weighted by atomic mass is 10.1. The molecule has 3 rings (SSSR count). The van der Waals surface area contributed by atoms with E-state index in [4.69, 9.17) is 0 Å². The van der Waals surface area contributed by atoms with Crippen molar-refractivity contribution in [3.63, 3.8) is 0 Å². The van der Waals surface area contributed by atoms with Crippen LogP contribution in [-0.2, 0) is 6.18 Å². The first-order valence-corrected chi connectivity index (χ1v) is 8.75. The van der Waals surface area contributed by atoms with Crippen LogP contribution in [0.4, 0.5) is 18.9 Å². The summed E-state index contributed by atoms with van der Waals surface area (Å²) in [4.78, 5) is 16.0. The molecule has 0 aromatic heterocycles. The number of hydrogen-bond acceptors (Lipinski definition) is 3. The number of piperazine rings is 1. The summed E-state index contributed by atoms with van der Waals surface area (Å²) in [5, 5.41) is 9.89. The number of carbonyl (C=O) groups excluding carboxylic acids is 1. The fraction of sp³-hybridized carbons (Fsp3) is 0.278. The van der Waals surface area contributed by atoms with Crippen LogP contribution in [0.2, 0.25) is 0 Å². The maximum absolute atomic E-state index is 12.9. The lowest BCUT2D eigenvalue weighted by Crippen LogP contribution is -2.48. The van der Waals surface area contributed by atoms with Crippen LogP contribution in [0.5, 0.6) is 5.75 Å². The summed E-state index contributed by atoms with van der Waals surface area (Å²) in [6.45, 7) is 1.56. The average Bonchev–Trinajstić information content (AvgIpc) is 2.63. The minimum atomic E-state index is -4.38. The molecule has 2 aromatic carbocycles. The predicted molar refractivity (Wildman–Crippen MR) is 95.4 cm³/mol. The van der Waals surface area contributed by atoms with Gasteiger partial charge in [-0.3, -0.25) is 4.79 Å². The normalized spacial score (nSPS) is 15.2. The Balaban J connectivity index is 1.70. The number of aromatic hydroxyl groups is 1. The third kappa shape index (κ3) is 3.95. The Morgan fingerprint density at radius 2 is 1.73 bits per heavy atom. The largest absolute Gasteiger partial charge is 0.507 e. The molecule has 8 heteroatoms. The summed E-state index contributed by atoms with van der Waals surface area (Å²) in [5.74, 6) is -0.397. The second-order valence-electron chi connectivity index (χ2n) is 5.99. The van der Waals surface area contributed by atoms with Crippen LogP contribution in [0.25, 0.3) is 0 Å². The molecule has 2 aromatic rings. The lowest BCUT2D eigenvalue weighted by Gasteiger charge is -2.36. The van der Waals surface area contributed by atoms with Crippen molar-refractivity contribution < 1.29 is 23.1 Å². The highest BCUT2D eigenvalue weighted by Gasteiger charge is 2.31. The molecule has 1 fully saturated rings. The van der Waals surface area contributed by atoms with Gasteiger partial charge in [0.05, 0.1) is 11.1 Å². The van der Waals surface area contributed by atoms with E-state index in [2.05, 4.69) is 15.9 Å². The number of anilines is 1. The van der Waals surface area contributed by atoms with E-state index >= 15 is 0 Å². The number of benzene rings is 2. The third-order valence-electron chi connectivity index (χ3n) is 4.29. The second kappa shape index (κ2) is 7.19. The van der Waals surface area contributed by atoms with Crippen molar-refractivity contribution in [1.82, 2.24) is 4.90 Å². The van der Waals surface area contributed by atoms with Crippen molar-refractivity contribution in [3.8, 4) is 5.75 Å². The Morgan fingerprint density at radius 3 is 2.38 bits per heavy atom. The number of nitrogens with zero attached hydrogens (tertiary/aromatic N) is 2. The minimum absolute atomic E-state index is 0.0986. The van der Waals surface area contributed by atoms with Gasteiger partial charge in [-0.05, 0) is 36.4 Å². The van der Waals surface area contributed by atoms with Crippen molar-refractivity contribution in [3.05, 3.63) is 58.1 Å². The van der Waals surface area contributed by atoms with Gasteiger partial charge in [0.15, 0.2) is 0 Å². The molecular formula is C18H16BrF3N2O2. The van der Waals surface area contributed by atoms with Crippen molar-refractivity contribution >= 4 is 27.5 Å². The fourth-order valence-corrected chi connectivity index (χ4v) is 3.26. The highest BCUT2D eigenvalue weighted by atomic mass is 79.9. The number of alkyl halides is 3. The molecule has 0 atom stereocenters. The number of carbonyl (C=O) groups is 1. The van der Waals surface area contributed by atoms with Crippen LogP contribution < -0.4 is 4.90 Å². The fourth-order valence-electron chi connectivity index (χ4n) is 2.90. The van der Waals surface area contributed by atoms with Gasteiger partial charge in [-0.2, -0.15) is 13.2 Å². The van der Waals surface area contributed by atoms with Gasteiger partial charge in [0, 0.05) is 36.3 Å². The number of halogens is 4. The molecular weight excluding hydrogens is 413 g/mol. The van der Waals surface area contributed by atoms with Crippen LogP contribution in [0.15, 0.2) is 46.9 Å². The van der Waals surface area contributed by atoms with Gasteiger partial charge in [-0.25, -0.2) is 0 Å². The van der Waals surface area contributed by atoms with E-state index in [1.165, 1.54) is 12.1 Å². The SMILES string of the molecule is O=C(c1cc(Br)ccc1O)N1CCN(c2cccc(C(F)(F)F)c2)CC1. The molecule has 0 unspecified atom stereocenters. The van der Waals surface area contributed by atoms with Gasteiger partial charge in [-0.1, -0.05) is 22.0 Å². The monoisotopic (exact) mass is 428 g/mol. The molecule has 138 valence electrons. The summed E-state index contributed by atoms with van der Waals surface area (Å²) in [6.07, 6.45) is -4.38. The standard InChI is InChI=1S/C18H16BrF3N2O2/c19-13-4-5-16(25)15(11-13)17(26)24-8-6-23(7-9-24)14-3-1-2-12(10-14)18(20,21)22/h1-5,10-11,25H,6-9H2. The second-order valence-corrected chi connectivity index (χ2v) is 6.90. The molecule has 1 amide bonds. The van der Waals surface area contributed by atoms with Gasteiger partial charge in [-0.15, -0.1) is 0 Å². The molecule has 0 spiro atoms. The van der Waals surface area contributed by atoms with Gasteiger partial charge < -0.3 is 14.9 Å². The van der Waals surface area contributed by atoms with Gasteiger partial charge in [0.2, 0.25) is 0 Å². The van der Waals surface area contributed by atoms with E-state index in [-0.39, 0.29) is 17.2 Å². The minimum Gasteiger partial charge on any atom is -0.507 e. The van der Waals surface area contributed by atoms with Crippen molar-refractivity contribution in [2.24, 2.45) is 0 Å². The lowest BCUT2D eigenvalue weighted by molar-refractivity contribution is -0.137. The first-order valence-electron chi connectivity index (χ1n) is 7.96. The predicted octanol–water partition coefficient (Wildman–Crippen LogP) is 4.14. The summed E-state index contributed by atoms with van der Waals surface area (Å²) < 4.78 is 39.3. The Morgan fingerprint density at radius 1 is 1.04 bits per heavy atom. The topological polar surface area (TPSA) is 43.8 Å². The molecule has 0 radical (unpaired) electrons. The van der Waals surface area contributed by atoms with Crippen LogP contribution >= 0.6 is 15.9 Å². The summed E-state index contributed by atoms with van der Waals surface area (Å²) in [5.41, 5.74) is -0.00307. The van der Waals surface area contributed by atoms with E-state index in [1.54, 1.807) is 23.1 Å². The average molecular weight is 429 g/mol. The molecule has 26 heavy (non-hydrogen) atoms. The number of phenolic OH excluding ortho intramolecular Hbond substituents is 1. The molecule has 1 N–H and O–H groups in total. The Hall–Kier alpha value is -2.22. The molecule has 1 aliphatic heterocycles. The van der Waals surface area contributed by atoms with Crippen LogP contribution in [-0.4, -0.2) is 42.1 Å². The first-order chi connectivity index (χ1) is 12.3. The Kier molecular flexibility index (Phi) is 5.13. The van der Waals surface area contributed by atoms with E-state index in [9.17, 15) is 23.1 Å². The van der Waals surface area contributed by atoms with E-state index < -0.39 is 11.7 Å². The molecule has 0 bridgehead atoms. The molecule has 1 saturated heterocycles. The highest BCUT2D eigenvalue weighted by Crippen LogP contribution is 2.32. The zero-order valence-electron chi connectivity index (χ0n) is 13.6. The number of amides is 1. The van der Waals surface area contributed by atoms with Gasteiger partial charge in [0.25, 0.3) is 5.91 Å². The van der Waals surface area contributed by atoms with Crippen molar-refractivity contribution in [2.45, 2.75) is 6.18 Å². The number of rotatable bonds is 2. The van der Waals surface area contributed by atoms with E-state index in [0.29, 0.717) is 36.3 Å². The maximum atomic E-state index is 12.9. The number of hydrogen-bond donors (Lipinski definition) is 1. The van der Waals surface area contributed by atoms with E-state index in [0.717, 1.165) is 12.1 Å². The summed E-state index contributed by atoms with van der Waals surface area (Å²) in [7, 11) is 0.